The highest BCUT2D eigenvalue weighted by atomic mass is 32.1. The van der Waals surface area contributed by atoms with Crippen LogP contribution in [0.2, 0.25) is 0 Å². The molecule has 1 aromatic rings. The number of nitrogens with one attached hydrogen (secondary N) is 1. The summed E-state index contributed by atoms with van der Waals surface area (Å²) >= 11 is 1.94. The maximum atomic E-state index is 5.03. The molecule has 21 heavy (non-hydrogen) atoms. The molecule has 2 fully saturated rings. The highest BCUT2D eigenvalue weighted by Crippen LogP contribution is 2.44. The lowest BCUT2D eigenvalue weighted by molar-refractivity contribution is 0.435. The fourth-order valence-corrected chi connectivity index (χ4v) is 4.71. The van der Waals surface area contributed by atoms with E-state index in [1.165, 1.54) is 73.7 Å². The maximum absolute atomic E-state index is 5.03. The van der Waals surface area contributed by atoms with E-state index in [1.807, 2.05) is 18.4 Å². The predicted octanol–water partition coefficient (Wildman–Crippen LogP) is 4.15. The number of hydrogen-bond acceptors (Lipinski definition) is 4. The van der Waals surface area contributed by atoms with Gasteiger partial charge in [-0.3, -0.25) is 0 Å². The van der Waals surface area contributed by atoms with Crippen molar-refractivity contribution in [3.63, 3.8) is 0 Å². The highest BCUT2D eigenvalue weighted by molar-refractivity contribution is 7.15. The van der Waals surface area contributed by atoms with Crippen molar-refractivity contribution in [3.8, 4) is 0 Å². The summed E-state index contributed by atoms with van der Waals surface area (Å²) in [6.45, 7) is 5.71. The maximum Gasteiger partial charge on any atom is 0.185 e. The van der Waals surface area contributed by atoms with Crippen molar-refractivity contribution in [1.82, 2.24) is 10.3 Å². The van der Waals surface area contributed by atoms with Gasteiger partial charge in [0.2, 0.25) is 0 Å². The summed E-state index contributed by atoms with van der Waals surface area (Å²) in [6.07, 6.45) is 9.54. The summed E-state index contributed by atoms with van der Waals surface area (Å²) in [5.74, 6) is 1.71. The first kappa shape index (κ1) is 15.3. The average Bonchev–Trinajstić information content (AvgIpc) is 3.27. The van der Waals surface area contributed by atoms with E-state index in [1.54, 1.807) is 0 Å². The van der Waals surface area contributed by atoms with E-state index < -0.39 is 0 Å². The summed E-state index contributed by atoms with van der Waals surface area (Å²) < 4.78 is 0. The monoisotopic (exact) mass is 307 g/mol. The van der Waals surface area contributed by atoms with Crippen molar-refractivity contribution in [2.24, 2.45) is 5.92 Å². The fraction of sp³-hybridized carbons (Fsp3) is 0.824. The molecular weight excluding hydrogens is 278 g/mol. The van der Waals surface area contributed by atoms with E-state index in [9.17, 15) is 0 Å². The summed E-state index contributed by atoms with van der Waals surface area (Å²) in [4.78, 5) is 9.07. The van der Waals surface area contributed by atoms with E-state index >= 15 is 0 Å². The molecule has 0 spiro atoms. The molecule has 0 radical (unpaired) electrons. The Kier molecular flexibility index (Phi) is 5.17. The smallest absolute Gasteiger partial charge is 0.185 e. The lowest BCUT2D eigenvalue weighted by atomic mass is 9.96. The minimum Gasteiger partial charge on any atom is -0.348 e. The summed E-state index contributed by atoms with van der Waals surface area (Å²) in [5.41, 5.74) is 1.40. The number of nitrogens with zero attached hydrogens (tertiary/aromatic N) is 2. The summed E-state index contributed by atoms with van der Waals surface area (Å²) in [5, 5.41) is 4.60. The van der Waals surface area contributed by atoms with Gasteiger partial charge in [0.05, 0.1) is 5.69 Å². The second-order valence-corrected chi connectivity index (χ2v) is 7.74. The molecule has 1 saturated carbocycles. The zero-order chi connectivity index (χ0) is 14.7. The van der Waals surface area contributed by atoms with Crippen molar-refractivity contribution in [1.29, 1.82) is 0 Å². The molecular formula is C17H29N3S. The Labute approximate surface area is 133 Å². The van der Waals surface area contributed by atoms with E-state index in [0.717, 1.165) is 18.4 Å². The van der Waals surface area contributed by atoms with Crippen LogP contribution in [0.1, 0.15) is 68.4 Å². The molecule has 1 aliphatic carbocycles. The van der Waals surface area contributed by atoms with Crippen LogP contribution in [0.4, 0.5) is 5.13 Å². The largest absolute Gasteiger partial charge is 0.348 e. The van der Waals surface area contributed by atoms with Gasteiger partial charge in [-0.1, -0.05) is 19.8 Å². The van der Waals surface area contributed by atoms with Crippen molar-refractivity contribution >= 4 is 16.5 Å². The molecule has 0 bridgehead atoms. The van der Waals surface area contributed by atoms with Crippen LogP contribution < -0.4 is 10.2 Å². The molecule has 1 aliphatic heterocycles. The fourth-order valence-electron chi connectivity index (χ4n) is 3.50. The quantitative estimate of drug-likeness (QED) is 0.856. The minimum absolute atomic E-state index is 0.762. The minimum atomic E-state index is 0.762. The Morgan fingerprint density at radius 1 is 1.24 bits per heavy atom. The van der Waals surface area contributed by atoms with Crippen LogP contribution in [0.3, 0.4) is 0 Å². The number of thiazole rings is 1. The highest BCUT2D eigenvalue weighted by Gasteiger charge is 2.30. The van der Waals surface area contributed by atoms with Crippen molar-refractivity contribution in [2.45, 2.75) is 64.3 Å². The van der Waals surface area contributed by atoms with Gasteiger partial charge in [-0.25, -0.2) is 4.98 Å². The van der Waals surface area contributed by atoms with E-state index in [4.69, 9.17) is 4.98 Å². The molecule has 2 heterocycles. The molecule has 3 rings (SSSR count). The Hall–Kier alpha value is -0.610. The number of rotatable bonds is 6. The van der Waals surface area contributed by atoms with Crippen LogP contribution in [0, 0.1) is 5.92 Å². The molecule has 3 nitrogen and oxygen atoms in total. The van der Waals surface area contributed by atoms with Crippen LogP contribution in [-0.2, 0) is 6.54 Å². The molecule has 0 amide bonds. The van der Waals surface area contributed by atoms with Crippen molar-refractivity contribution in [3.05, 3.63) is 10.6 Å². The first-order chi connectivity index (χ1) is 10.3. The van der Waals surface area contributed by atoms with Gasteiger partial charge in [0.1, 0.15) is 0 Å². The Morgan fingerprint density at radius 2 is 2.10 bits per heavy atom. The van der Waals surface area contributed by atoms with Crippen molar-refractivity contribution in [2.75, 3.05) is 25.0 Å². The van der Waals surface area contributed by atoms with E-state index in [-0.39, 0.29) is 0 Å². The molecule has 1 aromatic heterocycles. The molecule has 1 saturated heterocycles. The first-order valence-corrected chi connectivity index (χ1v) is 9.52. The van der Waals surface area contributed by atoms with Gasteiger partial charge >= 0.3 is 0 Å². The van der Waals surface area contributed by atoms with Gasteiger partial charge in [-0.05, 0) is 45.1 Å². The predicted molar refractivity (Wildman–Crippen MR) is 91.3 cm³/mol. The summed E-state index contributed by atoms with van der Waals surface area (Å²) in [7, 11) is 2.04. The number of aromatic nitrogens is 1. The lowest BCUT2D eigenvalue weighted by Crippen LogP contribution is -2.24. The second kappa shape index (κ2) is 7.10. The third-order valence-corrected chi connectivity index (χ3v) is 5.96. The molecule has 118 valence electrons. The van der Waals surface area contributed by atoms with E-state index in [2.05, 4.69) is 17.1 Å². The normalized spacial score (nSPS) is 23.3. The van der Waals surface area contributed by atoms with Crippen LogP contribution in [-0.4, -0.2) is 25.1 Å². The van der Waals surface area contributed by atoms with Gasteiger partial charge in [-0.15, -0.1) is 11.3 Å². The SMILES string of the molecule is CCCC1CCCN(c2nc(C3CC3)c(CNC)s2)CC1. The molecule has 0 aromatic carbocycles. The molecule has 2 aliphatic rings. The average molecular weight is 308 g/mol. The Morgan fingerprint density at radius 3 is 2.81 bits per heavy atom. The van der Waals surface area contributed by atoms with Gasteiger partial charge < -0.3 is 10.2 Å². The van der Waals surface area contributed by atoms with Crippen LogP contribution in [0.25, 0.3) is 0 Å². The van der Waals surface area contributed by atoms with Gasteiger partial charge in [0.15, 0.2) is 5.13 Å². The Balaban J connectivity index is 1.69. The lowest BCUT2D eigenvalue weighted by Gasteiger charge is -2.19. The zero-order valence-electron chi connectivity index (χ0n) is 13.5. The van der Waals surface area contributed by atoms with Gasteiger partial charge in [0.25, 0.3) is 0 Å². The Bertz CT molecular complexity index is 453. The third-order valence-electron chi connectivity index (χ3n) is 4.83. The third kappa shape index (κ3) is 3.78. The second-order valence-electron chi connectivity index (χ2n) is 6.68. The van der Waals surface area contributed by atoms with E-state index in [0.29, 0.717) is 0 Å². The summed E-state index contributed by atoms with van der Waals surface area (Å²) in [6, 6.07) is 0. The van der Waals surface area contributed by atoms with Crippen molar-refractivity contribution < 1.29 is 0 Å². The molecule has 1 N–H and O–H groups in total. The number of hydrogen-bond donors (Lipinski definition) is 1. The number of anilines is 1. The standard InChI is InChI=1S/C17H29N3S/c1-3-5-13-6-4-10-20(11-9-13)17-19-16(14-7-8-14)15(21-17)12-18-2/h13-14,18H,3-12H2,1-2H3. The topological polar surface area (TPSA) is 28.2 Å². The molecule has 1 unspecified atom stereocenters. The van der Waals surface area contributed by atoms with Crippen LogP contribution in [0.5, 0.6) is 0 Å². The molecule has 1 atom stereocenters. The van der Waals surface area contributed by atoms with Gasteiger partial charge in [-0.2, -0.15) is 0 Å². The first-order valence-electron chi connectivity index (χ1n) is 8.71. The van der Waals surface area contributed by atoms with Crippen LogP contribution >= 0.6 is 11.3 Å². The van der Waals surface area contributed by atoms with Gasteiger partial charge in [0, 0.05) is 30.4 Å². The zero-order valence-corrected chi connectivity index (χ0v) is 14.3. The molecule has 4 heteroatoms. The van der Waals surface area contributed by atoms with Crippen LogP contribution in [0.15, 0.2) is 0 Å².